The summed E-state index contributed by atoms with van der Waals surface area (Å²) >= 11 is 6.02. The maximum atomic E-state index is 11.8. The van der Waals surface area contributed by atoms with E-state index in [-0.39, 0.29) is 5.91 Å². The van der Waals surface area contributed by atoms with Crippen molar-refractivity contribution in [1.29, 1.82) is 0 Å². The maximum Gasteiger partial charge on any atom is 0.273 e. The molecule has 2 rings (SSSR count). The summed E-state index contributed by atoms with van der Waals surface area (Å²) < 4.78 is 1.77. The van der Waals surface area contributed by atoms with E-state index in [2.05, 4.69) is 15.3 Å². The fourth-order valence-electron chi connectivity index (χ4n) is 1.61. The summed E-state index contributed by atoms with van der Waals surface area (Å²) in [5, 5.41) is 3.10. The molecule has 17 heavy (non-hydrogen) atoms. The van der Waals surface area contributed by atoms with E-state index in [1.807, 2.05) is 20.8 Å². The molecule has 0 aliphatic carbocycles. The average molecular weight is 253 g/mol. The third-order valence-electron chi connectivity index (χ3n) is 2.71. The normalized spacial score (nSPS) is 10.8. The molecule has 2 heterocycles. The topological polar surface area (TPSA) is 59.3 Å². The van der Waals surface area contributed by atoms with Crippen molar-refractivity contribution in [3.63, 3.8) is 0 Å². The summed E-state index contributed by atoms with van der Waals surface area (Å²) in [6.07, 6.45) is 1.59. The molecular weight excluding hydrogens is 240 g/mol. The molecule has 0 spiro atoms. The van der Waals surface area contributed by atoms with Gasteiger partial charge in [-0.1, -0.05) is 11.6 Å². The van der Waals surface area contributed by atoms with Crippen LogP contribution in [0.25, 0.3) is 5.65 Å². The van der Waals surface area contributed by atoms with Crippen molar-refractivity contribution in [3.05, 3.63) is 28.4 Å². The molecule has 90 valence electrons. The molecule has 0 aliphatic heterocycles. The highest BCUT2D eigenvalue weighted by Crippen LogP contribution is 2.19. The quantitative estimate of drug-likeness (QED) is 0.829. The van der Waals surface area contributed by atoms with Gasteiger partial charge >= 0.3 is 0 Å². The summed E-state index contributed by atoms with van der Waals surface area (Å²) in [6, 6.07) is 0. The monoisotopic (exact) mass is 252 g/mol. The second-order valence-corrected chi connectivity index (χ2v) is 4.12. The zero-order chi connectivity index (χ0) is 12.6. The minimum atomic E-state index is -0.234. The highest BCUT2D eigenvalue weighted by atomic mass is 35.5. The Morgan fingerprint density at radius 1 is 1.53 bits per heavy atom. The molecule has 0 unspecified atom stereocenters. The molecule has 1 N–H and O–H groups in total. The summed E-state index contributed by atoms with van der Waals surface area (Å²) in [5.74, 6) is -0.234. The Bertz CT molecular complexity index is 591. The van der Waals surface area contributed by atoms with E-state index in [0.717, 1.165) is 11.3 Å². The molecule has 6 heteroatoms. The molecule has 0 saturated heterocycles. The van der Waals surface area contributed by atoms with Crippen LogP contribution >= 0.6 is 11.6 Å². The number of carbonyl (C=O) groups is 1. The lowest BCUT2D eigenvalue weighted by atomic mass is 10.2. The third kappa shape index (κ3) is 1.86. The molecule has 1 amide bonds. The lowest BCUT2D eigenvalue weighted by Crippen LogP contribution is -2.23. The Morgan fingerprint density at radius 3 is 2.88 bits per heavy atom. The standard InChI is InChI=1S/C11H13ClN4O/c1-4-13-11(17)8-10-15-9(12)6(2)7(3)16(10)5-14-8/h5H,4H2,1-3H3,(H,13,17). The molecule has 2 aromatic rings. The number of hydrogen-bond donors (Lipinski definition) is 1. The van der Waals surface area contributed by atoms with Crippen LogP contribution in [0, 0.1) is 13.8 Å². The first-order valence-corrected chi connectivity index (χ1v) is 5.72. The van der Waals surface area contributed by atoms with Gasteiger partial charge in [-0.25, -0.2) is 9.97 Å². The third-order valence-corrected chi connectivity index (χ3v) is 3.08. The van der Waals surface area contributed by atoms with Gasteiger partial charge in [0.15, 0.2) is 11.3 Å². The van der Waals surface area contributed by atoms with E-state index in [4.69, 9.17) is 11.6 Å². The molecule has 5 nitrogen and oxygen atoms in total. The number of rotatable bonds is 2. The van der Waals surface area contributed by atoms with E-state index in [1.165, 1.54) is 0 Å². The van der Waals surface area contributed by atoms with Crippen LogP contribution in [0.4, 0.5) is 0 Å². The van der Waals surface area contributed by atoms with Crippen molar-refractivity contribution >= 4 is 23.2 Å². The van der Waals surface area contributed by atoms with E-state index >= 15 is 0 Å². The number of nitrogens with one attached hydrogen (secondary N) is 1. The minimum absolute atomic E-state index is 0.234. The fourth-order valence-corrected chi connectivity index (χ4v) is 1.82. The molecule has 0 bridgehead atoms. The van der Waals surface area contributed by atoms with Crippen molar-refractivity contribution < 1.29 is 4.79 Å². The Kier molecular flexibility index (Phi) is 3.02. The van der Waals surface area contributed by atoms with Crippen LogP contribution in [-0.4, -0.2) is 26.8 Å². The first-order valence-electron chi connectivity index (χ1n) is 5.34. The largest absolute Gasteiger partial charge is 0.351 e. The Balaban J connectivity index is 2.65. The number of nitrogens with zero attached hydrogens (tertiary/aromatic N) is 3. The number of imidazole rings is 1. The van der Waals surface area contributed by atoms with Gasteiger partial charge in [0, 0.05) is 17.8 Å². The lowest BCUT2D eigenvalue weighted by Gasteiger charge is -2.06. The van der Waals surface area contributed by atoms with Gasteiger partial charge in [0.05, 0.1) is 0 Å². The predicted molar refractivity (Wildman–Crippen MR) is 65.5 cm³/mol. The van der Waals surface area contributed by atoms with Crippen molar-refractivity contribution in [2.24, 2.45) is 0 Å². The molecule has 2 aromatic heterocycles. The molecular formula is C11H13ClN4O. The number of halogens is 1. The van der Waals surface area contributed by atoms with Gasteiger partial charge in [0.25, 0.3) is 5.91 Å². The van der Waals surface area contributed by atoms with Crippen molar-refractivity contribution in [2.75, 3.05) is 6.54 Å². The maximum absolute atomic E-state index is 11.8. The van der Waals surface area contributed by atoms with E-state index in [9.17, 15) is 4.79 Å². The van der Waals surface area contributed by atoms with Crippen LogP contribution in [0.3, 0.4) is 0 Å². The van der Waals surface area contributed by atoms with Crippen molar-refractivity contribution in [1.82, 2.24) is 19.7 Å². The Morgan fingerprint density at radius 2 is 2.24 bits per heavy atom. The Labute approximate surface area is 104 Å². The van der Waals surface area contributed by atoms with Crippen LogP contribution in [0.1, 0.15) is 28.7 Å². The van der Waals surface area contributed by atoms with E-state index in [0.29, 0.717) is 23.0 Å². The molecule has 0 radical (unpaired) electrons. The molecule has 0 atom stereocenters. The van der Waals surface area contributed by atoms with Gasteiger partial charge in [-0.3, -0.25) is 9.20 Å². The fraction of sp³-hybridized carbons (Fsp3) is 0.364. The zero-order valence-corrected chi connectivity index (χ0v) is 10.7. The number of aryl methyl sites for hydroxylation is 1. The smallest absolute Gasteiger partial charge is 0.273 e. The van der Waals surface area contributed by atoms with Gasteiger partial charge < -0.3 is 5.32 Å². The van der Waals surface area contributed by atoms with Crippen molar-refractivity contribution in [2.45, 2.75) is 20.8 Å². The average Bonchev–Trinajstić information content (AvgIpc) is 2.70. The minimum Gasteiger partial charge on any atom is -0.351 e. The summed E-state index contributed by atoms with van der Waals surface area (Å²) in [5.41, 5.74) is 2.61. The Hall–Kier alpha value is -1.62. The van der Waals surface area contributed by atoms with Gasteiger partial charge in [-0.05, 0) is 20.8 Å². The first-order chi connectivity index (χ1) is 8.06. The van der Waals surface area contributed by atoms with Crippen LogP contribution in [-0.2, 0) is 0 Å². The number of fused-ring (bicyclic) bond motifs is 1. The first kappa shape index (κ1) is 11.9. The molecule has 0 fully saturated rings. The predicted octanol–water partition coefficient (Wildman–Crippen LogP) is 1.75. The van der Waals surface area contributed by atoms with E-state index < -0.39 is 0 Å². The van der Waals surface area contributed by atoms with Crippen LogP contribution < -0.4 is 5.32 Å². The number of hydrogen-bond acceptors (Lipinski definition) is 3. The second-order valence-electron chi connectivity index (χ2n) is 3.76. The molecule has 0 aromatic carbocycles. The van der Waals surface area contributed by atoms with Gasteiger partial charge in [0.2, 0.25) is 0 Å². The molecule has 0 aliphatic rings. The molecule has 0 saturated carbocycles. The highest BCUT2D eigenvalue weighted by Gasteiger charge is 2.16. The van der Waals surface area contributed by atoms with Gasteiger partial charge in [0.1, 0.15) is 11.5 Å². The van der Waals surface area contributed by atoms with Crippen LogP contribution in [0.15, 0.2) is 6.33 Å². The van der Waals surface area contributed by atoms with Gasteiger partial charge in [-0.2, -0.15) is 0 Å². The van der Waals surface area contributed by atoms with Gasteiger partial charge in [-0.15, -0.1) is 0 Å². The number of carbonyl (C=O) groups excluding carboxylic acids is 1. The van der Waals surface area contributed by atoms with Crippen LogP contribution in [0.2, 0.25) is 5.15 Å². The lowest BCUT2D eigenvalue weighted by molar-refractivity contribution is 0.0953. The van der Waals surface area contributed by atoms with Crippen LogP contribution in [0.5, 0.6) is 0 Å². The summed E-state index contributed by atoms with van der Waals surface area (Å²) in [7, 11) is 0. The second kappa shape index (κ2) is 4.33. The zero-order valence-electron chi connectivity index (χ0n) is 9.91. The van der Waals surface area contributed by atoms with Crippen molar-refractivity contribution in [3.8, 4) is 0 Å². The summed E-state index contributed by atoms with van der Waals surface area (Å²) in [6.45, 7) is 6.21. The number of aromatic nitrogens is 3. The highest BCUT2D eigenvalue weighted by molar-refractivity contribution is 6.30. The number of amides is 1. The summed E-state index contributed by atoms with van der Waals surface area (Å²) in [4.78, 5) is 20.0. The SMILES string of the molecule is CCNC(=O)c1ncn2c(C)c(C)c(Cl)nc12. The van der Waals surface area contributed by atoms with E-state index in [1.54, 1.807) is 10.7 Å².